The summed E-state index contributed by atoms with van der Waals surface area (Å²) in [7, 11) is 0. The summed E-state index contributed by atoms with van der Waals surface area (Å²) < 4.78 is 5.09. The molecule has 0 aliphatic rings. The molecule has 0 saturated carbocycles. The Morgan fingerprint density at radius 1 is 1.33 bits per heavy atom. The van der Waals surface area contributed by atoms with Crippen molar-refractivity contribution in [2.45, 2.75) is 40.0 Å². The topological polar surface area (TPSA) is 26.3 Å². The SMILES string of the molecule is CCOCCC(=O)CCC(C)C. The van der Waals surface area contributed by atoms with E-state index in [0.29, 0.717) is 37.8 Å². The van der Waals surface area contributed by atoms with Gasteiger partial charge in [0.1, 0.15) is 5.78 Å². The van der Waals surface area contributed by atoms with Gasteiger partial charge in [0.15, 0.2) is 0 Å². The molecule has 0 heterocycles. The molecule has 0 amide bonds. The highest BCUT2D eigenvalue weighted by atomic mass is 16.5. The molecule has 2 nitrogen and oxygen atoms in total. The van der Waals surface area contributed by atoms with E-state index in [9.17, 15) is 4.79 Å². The molecule has 0 unspecified atom stereocenters. The minimum atomic E-state index is 0.331. The van der Waals surface area contributed by atoms with E-state index in [1.807, 2.05) is 6.92 Å². The first-order chi connectivity index (χ1) is 5.66. The Balaban J connectivity index is 3.22. The molecule has 0 atom stereocenters. The summed E-state index contributed by atoms with van der Waals surface area (Å²) in [6, 6.07) is 0. The van der Waals surface area contributed by atoms with Gasteiger partial charge in [0.2, 0.25) is 0 Å². The van der Waals surface area contributed by atoms with E-state index >= 15 is 0 Å². The molecular weight excluding hydrogens is 152 g/mol. The smallest absolute Gasteiger partial charge is 0.135 e. The number of hydrogen-bond acceptors (Lipinski definition) is 2. The number of carbonyl (C=O) groups excluding carboxylic acids is 1. The predicted octanol–water partition coefficient (Wildman–Crippen LogP) is 2.42. The van der Waals surface area contributed by atoms with Crippen molar-refractivity contribution in [2.24, 2.45) is 5.92 Å². The van der Waals surface area contributed by atoms with Gasteiger partial charge in [-0.2, -0.15) is 0 Å². The van der Waals surface area contributed by atoms with E-state index in [4.69, 9.17) is 4.74 Å². The Labute approximate surface area is 75.3 Å². The highest BCUT2D eigenvalue weighted by Gasteiger charge is 2.02. The van der Waals surface area contributed by atoms with Gasteiger partial charge in [0.05, 0.1) is 6.61 Å². The van der Waals surface area contributed by atoms with Crippen LogP contribution in [0.25, 0.3) is 0 Å². The van der Waals surface area contributed by atoms with Crippen LogP contribution in [0.15, 0.2) is 0 Å². The van der Waals surface area contributed by atoms with Crippen LogP contribution >= 0.6 is 0 Å². The first-order valence-electron chi connectivity index (χ1n) is 4.76. The van der Waals surface area contributed by atoms with Crippen molar-refractivity contribution in [1.82, 2.24) is 0 Å². The molecule has 12 heavy (non-hydrogen) atoms. The van der Waals surface area contributed by atoms with Crippen molar-refractivity contribution >= 4 is 5.78 Å². The van der Waals surface area contributed by atoms with Crippen LogP contribution in [0, 0.1) is 5.92 Å². The van der Waals surface area contributed by atoms with Gasteiger partial charge in [-0.15, -0.1) is 0 Å². The molecule has 0 aromatic carbocycles. The van der Waals surface area contributed by atoms with E-state index in [1.165, 1.54) is 0 Å². The zero-order valence-electron chi connectivity index (χ0n) is 8.43. The maximum Gasteiger partial charge on any atom is 0.135 e. The average Bonchev–Trinajstić information content (AvgIpc) is 2.01. The van der Waals surface area contributed by atoms with E-state index in [-0.39, 0.29) is 0 Å². The number of ketones is 1. The Morgan fingerprint density at radius 3 is 2.50 bits per heavy atom. The Hall–Kier alpha value is -0.370. The zero-order chi connectivity index (χ0) is 9.40. The Morgan fingerprint density at radius 2 is 2.00 bits per heavy atom. The highest BCUT2D eigenvalue weighted by Crippen LogP contribution is 2.05. The summed E-state index contributed by atoms with van der Waals surface area (Å²) in [5, 5.41) is 0. The first-order valence-corrected chi connectivity index (χ1v) is 4.76. The maximum atomic E-state index is 11.1. The van der Waals surface area contributed by atoms with E-state index in [2.05, 4.69) is 13.8 Å². The molecule has 0 fully saturated rings. The van der Waals surface area contributed by atoms with Crippen molar-refractivity contribution in [3.8, 4) is 0 Å². The van der Waals surface area contributed by atoms with Gasteiger partial charge in [0, 0.05) is 19.4 Å². The van der Waals surface area contributed by atoms with Crippen LogP contribution in [-0.2, 0) is 9.53 Å². The summed E-state index contributed by atoms with van der Waals surface area (Å²) in [5.41, 5.74) is 0. The second-order valence-electron chi connectivity index (χ2n) is 3.42. The summed E-state index contributed by atoms with van der Waals surface area (Å²) >= 11 is 0. The quantitative estimate of drug-likeness (QED) is 0.551. The molecular formula is C10H20O2. The number of carbonyl (C=O) groups is 1. The number of hydrogen-bond donors (Lipinski definition) is 0. The summed E-state index contributed by atoms with van der Waals surface area (Å²) in [6.07, 6.45) is 2.30. The van der Waals surface area contributed by atoms with Crippen LogP contribution in [0.2, 0.25) is 0 Å². The van der Waals surface area contributed by atoms with E-state index in [1.54, 1.807) is 0 Å². The van der Waals surface area contributed by atoms with E-state index in [0.717, 1.165) is 6.42 Å². The monoisotopic (exact) mass is 172 g/mol. The third kappa shape index (κ3) is 7.73. The van der Waals surface area contributed by atoms with Crippen molar-refractivity contribution < 1.29 is 9.53 Å². The number of rotatable bonds is 7. The average molecular weight is 172 g/mol. The Kier molecular flexibility index (Phi) is 7.06. The molecule has 2 heteroatoms. The fourth-order valence-electron chi connectivity index (χ4n) is 0.905. The van der Waals surface area contributed by atoms with Gasteiger partial charge in [-0.1, -0.05) is 13.8 Å². The van der Waals surface area contributed by atoms with Crippen molar-refractivity contribution in [1.29, 1.82) is 0 Å². The lowest BCUT2D eigenvalue weighted by molar-refractivity contribution is -0.120. The van der Waals surface area contributed by atoms with Crippen LogP contribution in [0.1, 0.15) is 40.0 Å². The summed E-state index contributed by atoms with van der Waals surface area (Å²) in [5.74, 6) is 0.957. The molecule has 0 aromatic rings. The lowest BCUT2D eigenvalue weighted by atomic mass is 10.0. The highest BCUT2D eigenvalue weighted by molar-refractivity contribution is 5.78. The number of ether oxygens (including phenoxy) is 1. The van der Waals surface area contributed by atoms with Crippen LogP contribution in [0.5, 0.6) is 0 Å². The lowest BCUT2D eigenvalue weighted by Crippen LogP contribution is -2.05. The molecule has 0 aromatic heterocycles. The van der Waals surface area contributed by atoms with Gasteiger partial charge in [-0.25, -0.2) is 0 Å². The van der Waals surface area contributed by atoms with Crippen molar-refractivity contribution in [3.05, 3.63) is 0 Å². The van der Waals surface area contributed by atoms with Gasteiger partial charge >= 0.3 is 0 Å². The molecule has 0 aliphatic heterocycles. The molecule has 0 spiro atoms. The van der Waals surface area contributed by atoms with Crippen molar-refractivity contribution in [2.75, 3.05) is 13.2 Å². The third-order valence-corrected chi connectivity index (χ3v) is 1.73. The second-order valence-corrected chi connectivity index (χ2v) is 3.42. The number of Topliss-reactive ketones (excluding diaryl/α,β-unsaturated/α-hetero) is 1. The van der Waals surface area contributed by atoms with Gasteiger partial charge in [-0.05, 0) is 19.3 Å². The molecule has 0 rings (SSSR count). The maximum absolute atomic E-state index is 11.1. The lowest BCUT2D eigenvalue weighted by Gasteiger charge is -2.03. The van der Waals surface area contributed by atoms with Gasteiger partial charge in [-0.3, -0.25) is 4.79 Å². The molecule has 0 saturated heterocycles. The van der Waals surface area contributed by atoms with E-state index < -0.39 is 0 Å². The fraction of sp³-hybridized carbons (Fsp3) is 0.900. The van der Waals surface area contributed by atoms with Gasteiger partial charge in [0.25, 0.3) is 0 Å². The van der Waals surface area contributed by atoms with Crippen LogP contribution in [0.4, 0.5) is 0 Å². The predicted molar refractivity (Wildman–Crippen MR) is 50.2 cm³/mol. The van der Waals surface area contributed by atoms with Crippen LogP contribution < -0.4 is 0 Å². The summed E-state index contributed by atoms with van der Waals surface area (Å²) in [6.45, 7) is 7.51. The van der Waals surface area contributed by atoms with Crippen LogP contribution in [0.3, 0.4) is 0 Å². The van der Waals surface area contributed by atoms with Crippen molar-refractivity contribution in [3.63, 3.8) is 0 Å². The molecule has 72 valence electrons. The standard InChI is InChI=1S/C10H20O2/c1-4-12-8-7-10(11)6-5-9(2)3/h9H,4-8H2,1-3H3. The zero-order valence-corrected chi connectivity index (χ0v) is 8.43. The fourth-order valence-corrected chi connectivity index (χ4v) is 0.905. The molecule has 0 radical (unpaired) electrons. The van der Waals surface area contributed by atoms with Crippen LogP contribution in [-0.4, -0.2) is 19.0 Å². The Bertz CT molecular complexity index is 119. The first kappa shape index (κ1) is 11.6. The largest absolute Gasteiger partial charge is 0.381 e. The molecule has 0 bridgehead atoms. The molecule has 0 aliphatic carbocycles. The summed E-state index contributed by atoms with van der Waals surface area (Å²) in [4.78, 5) is 11.1. The minimum absolute atomic E-state index is 0.331. The minimum Gasteiger partial charge on any atom is -0.381 e. The second kappa shape index (κ2) is 7.29. The molecule has 0 N–H and O–H groups in total. The normalized spacial score (nSPS) is 10.7. The third-order valence-electron chi connectivity index (χ3n) is 1.73. The van der Waals surface area contributed by atoms with Gasteiger partial charge < -0.3 is 4.74 Å².